The Morgan fingerprint density at radius 1 is 1.14 bits per heavy atom. The number of fused-ring (bicyclic) bond motifs is 1. The van der Waals surface area contributed by atoms with Crippen molar-refractivity contribution in [3.8, 4) is 0 Å². The number of carbonyl (C=O) groups excluding carboxylic acids is 3. The second-order valence-corrected chi connectivity index (χ2v) is 11.0. The van der Waals surface area contributed by atoms with Gasteiger partial charge in [-0.05, 0) is 42.6 Å². The molecule has 1 unspecified atom stereocenters. The molecule has 0 radical (unpaired) electrons. The van der Waals surface area contributed by atoms with Crippen LogP contribution in [0.15, 0.2) is 24.3 Å². The summed E-state index contributed by atoms with van der Waals surface area (Å²) in [5, 5.41) is 2.93. The summed E-state index contributed by atoms with van der Waals surface area (Å²) in [5.74, 6) is -0.748. The molecule has 1 aromatic carbocycles. The minimum Gasteiger partial charge on any atom is -0.369 e. The predicted molar refractivity (Wildman–Crippen MR) is 134 cm³/mol. The number of nitrogens with one attached hydrogen (secondary N) is 1. The van der Waals surface area contributed by atoms with E-state index in [2.05, 4.69) is 22.0 Å². The molecule has 9 heteroatoms. The van der Waals surface area contributed by atoms with E-state index >= 15 is 0 Å². The third-order valence-electron chi connectivity index (χ3n) is 7.30. The molecule has 3 heterocycles. The van der Waals surface area contributed by atoms with Gasteiger partial charge in [-0.2, -0.15) is 0 Å². The van der Waals surface area contributed by atoms with Crippen molar-refractivity contribution in [1.82, 2.24) is 15.1 Å². The third kappa shape index (κ3) is 5.37. The second kappa shape index (κ2) is 10.2. The van der Waals surface area contributed by atoms with Gasteiger partial charge in [-0.15, -0.1) is 0 Å². The van der Waals surface area contributed by atoms with Crippen LogP contribution in [0.3, 0.4) is 0 Å². The van der Waals surface area contributed by atoms with Crippen molar-refractivity contribution >= 4 is 23.3 Å². The number of hydrogen-bond donors (Lipinski definition) is 2. The number of carbonyl (C=O) groups is 3. The predicted octanol–water partition coefficient (Wildman–Crippen LogP) is 0.869. The highest BCUT2D eigenvalue weighted by Crippen LogP contribution is 2.30. The Morgan fingerprint density at radius 3 is 2.40 bits per heavy atom. The number of hydrogen-bond acceptors (Lipinski definition) is 7. The number of ether oxygens (including phenoxy) is 1. The Labute approximate surface area is 207 Å². The van der Waals surface area contributed by atoms with Crippen molar-refractivity contribution in [3.63, 3.8) is 0 Å². The summed E-state index contributed by atoms with van der Waals surface area (Å²) in [5.41, 5.74) is 7.18. The summed E-state index contributed by atoms with van der Waals surface area (Å²) in [7, 11) is 0. The van der Waals surface area contributed by atoms with Gasteiger partial charge < -0.3 is 25.6 Å². The summed E-state index contributed by atoms with van der Waals surface area (Å²) in [4.78, 5) is 45.4. The first-order valence-corrected chi connectivity index (χ1v) is 12.7. The Kier molecular flexibility index (Phi) is 7.49. The van der Waals surface area contributed by atoms with Gasteiger partial charge in [0.15, 0.2) is 5.78 Å². The molecule has 0 spiro atoms. The maximum absolute atomic E-state index is 13.6. The molecule has 3 fully saturated rings. The van der Waals surface area contributed by atoms with E-state index in [1.54, 1.807) is 0 Å². The number of Topliss-reactive ketones (excluding diaryl/α,β-unsaturated/α-hetero) is 1. The van der Waals surface area contributed by atoms with Crippen LogP contribution in [0.5, 0.6) is 0 Å². The van der Waals surface area contributed by atoms with E-state index in [1.165, 1.54) is 4.90 Å². The molecular weight excluding hydrogens is 446 g/mol. The van der Waals surface area contributed by atoms with Crippen LogP contribution in [0.2, 0.25) is 0 Å². The number of piperazine rings is 1. The Hall–Kier alpha value is -2.49. The monoisotopic (exact) mass is 485 g/mol. The number of likely N-dealkylation sites (tertiary alicyclic amines) is 1. The van der Waals surface area contributed by atoms with Crippen molar-refractivity contribution in [2.45, 2.75) is 58.3 Å². The first-order chi connectivity index (χ1) is 16.6. The van der Waals surface area contributed by atoms with Crippen LogP contribution < -0.4 is 16.0 Å². The molecule has 9 nitrogen and oxygen atoms in total. The number of anilines is 1. The molecule has 0 aromatic heterocycles. The summed E-state index contributed by atoms with van der Waals surface area (Å²) in [6, 6.07) is 5.67. The lowest BCUT2D eigenvalue weighted by atomic mass is 9.85. The molecule has 3 saturated heterocycles. The molecule has 2 amide bonds. The van der Waals surface area contributed by atoms with Crippen molar-refractivity contribution in [2.75, 3.05) is 50.8 Å². The first kappa shape index (κ1) is 25.6. The van der Waals surface area contributed by atoms with Gasteiger partial charge in [-0.25, -0.2) is 0 Å². The molecule has 4 rings (SSSR count). The quantitative estimate of drug-likeness (QED) is 0.616. The van der Waals surface area contributed by atoms with Gasteiger partial charge in [0.25, 0.3) is 5.91 Å². The Morgan fingerprint density at radius 2 is 1.80 bits per heavy atom. The molecular formula is C26H39N5O4. The molecule has 3 aliphatic heterocycles. The number of ketones is 1. The lowest BCUT2D eigenvalue weighted by molar-refractivity contribution is -0.140. The van der Waals surface area contributed by atoms with Crippen molar-refractivity contribution in [3.05, 3.63) is 29.8 Å². The molecule has 0 bridgehead atoms. The lowest BCUT2D eigenvalue weighted by Crippen LogP contribution is -2.57. The van der Waals surface area contributed by atoms with E-state index in [0.717, 1.165) is 44.8 Å². The zero-order valence-corrected chi connectivity index (χ0v) is 21.3. The van der Waals surface area contributed by atoms with Crippen LogP contribution in [-0.2, 0) is 14.3 Å². The standard InChI is InChI=1S/C26H39N5O4/c1-5-10-29-11-13-30(14-12-29)18-8-6-17(7-9-18)24(33)28-23(26(2,3)4)25(34)31-15-19(27)22-21(31)20(32)16-35-22/h6-9,19,21-23H,5,10-16,27H2,1-4H3,(H,28,33)/t19-,21-,22-,23?/m1/s1. The van der Waals surface area contributed by atoms with Crippen LogP contribution in [0.25, 0.3) is 0 Å². The molecule has 3 N–H and O–H groups in total. The van der Waals surface area contributed by atoms with Crippen molar-refractivity contribution in [2.24, 2.45) is 11.1 Å². The summed E-state index contributed by atoms with van der Waals surface area (Å²) in [6.07, 6.45) is 0.691. The third-order valence-corrected chi connectivity index (χ3v) is 7.30. The SMILES string of the molecule is CCCN1CCN(c2ccc(C(=O)NC(C(=O)N3C[C@@H](N)[C@H]4OCC(=O)[C@H]43)C(C)(C)C)cc2)CC1. The topological polar surface area (TPSA) is 108 Å². The Balaban J connectivity index is 1.43. The molecule has 3 aliphatic rings. The van der Waals surface area contributed by atoms with Gasteiger partial charge in [0, 0.05) is 44.0 Å². The average molecular weight is 486 g/mol. The minimum atomic E-state index is -0.805. The number of nitrogens with two attached hydrogens (primary N) is 1. The smallest absolute Gasteiger partial charge is 0.251 e. The van der Waals surface area contributed by atoms with Gasteiger partial charge in [-0.3, -0.25) is 19.3 Å². The molecule has 4 atom stereocenters. The van der Waals surface area contributed by atoms with Crippen molar-refractivity contribution < 1.29 is 19.1 Å². The van der Waals surface area contributed by atoms with Gasteiger partial charge >= 0.3 is 0 Å². The fourth-order valence-corrected chi connectivity index (χ4v) is 5.32. The number of benzene rings is 1. The summed E-state index contributed by atoms with van der Waals surface area (Å²) in [6.45, 7) is 13.3. The van der Waals surface area contributed by atoms with Crippen LogP contribution in [0, 0.1) is 5.41 Å². The highest BCUT2D eigenvalue weighted by molar-refractivity contribution is 5.99. The van der Waals surface area contributed by atoms with E-state index in [9.17, 15) is 14.4 Å². The Bertz CT molecular complexity index is 936. The lowest BCUT2D eigenvalue weighted by Gasteiger charge is -2.36. The van der Waals surface area contributed by atoms with E-state index in [0.29, 0.717) is 5.56 Å². The molecule has 0 saturated carbocycles. The summed E-state index contributed by atoms with van der Waals surface area (Å²) < 4.78 is 5.51. The van der Waals surface area contributed by atoms with Gasteiger partial charge in [0.1, 0.15) is 24.8 Å². The van der Waals surface area contributed by atoms with Crippen molar-refractivity contribution in [1.29, 1.82) is 0 Å². The van der Waals surface area contributed by atoms with Crippen LogP contribution in [0.1, 0.15) is 44.5 Å². The van der Waals surface area contributed by atoms with Crippen LogP contribution in [0.4, 0.5) is 5.69 Å². The number of amides is 2. The minimum absolute atomic E-state index is 0.0284. The second-order valence-electron chi connectivity index (χ2n) is 11.0. The van der Waals surface area contributed by atoms with E-state index in [4.69, 9.17) is 10.5 Å². The van der Waals surface area contributed by atoms with E-state index in [-0.39, 0.29) is 30.7 Å². The highest BCUT2D eigenvalue weighted by Gasteiger charge is 2.53. The zero-order valence-electron chi connectivity index (χ0n) is 21.3. The first-order valence-electron chi connectivity index (χ1n) is 12.7. The fourth-order valence-electron chi connectivity index (χ4n) is 5.32. The number of rotatable bonds is 6. The van der Waals surface area contributed by atoms with Crippen LogP contribution >= 0.6 is 0 Å². The highest BCUT2D eigenvalue weighted by atomic mass is 16.5. The molecule has 0 aliphatic carbocycles. The summed E-state index contributed by atoms with van der Waals surface area (Å²) >= 11 is 0. The van der Waals surface area contributed by atoms with Gasteiger partial charge in [-0.1, -0.05) is 27.7 Å². The average Bonchev–Trinajstić information content (AvgIpc) is 3.37. The maximum Gasteiger partial charge on any atom is 0.251 e. The van der Waals surface area contributed by atoms with Gasteiger partial charge in [0.2, 0.25) is 5.91 Å². The molecule has 192 valence electrons. The van der Waals surface area contributed by atoms with E-state index < -0.39 is 29.6 Å². The normalized spacial score (nSPS) is 26.1. The largest absolute Gasteiger partial charge is 0.369 e. The zero-order chi connectivity index (χ0) is 25.3. The molecule has 1 aromatic rings. The van der Waals surface area contributed by atoms with E-state index in [1.807, 2.05) is 45.0 Å². The van der Waals surface area contributed by atoms with Crippen LogP contribution in [-0.4, -0.2) is 97.5 Å². The van der Waals surface area contributed by atoms with Gasteiger partial charge in [0.05, 0.1) is 6.04 Å². The fraction of sp³-hybridized carbons (Fsp3) is 0.654. The number of nitrogens with zero attached hydrogens (tertiary/aromatic N) is 3. The molecule has 35 heavy (non-hydrogen) atoms. The maximum atomic E-state index is 13.6.